The van der Waals surface area contributed by atoms with Crippen LogP contribution >= 0.6 is 0 Å². The van der Waals surface area contributed by atoms with E-state index in [9.17, 15) is 22.8 Å². The molecule has 0 spiro atoms. The Morgan fingerprint density at radius 2 is 1.69 bits per heavy atom. The highest BCUT2D eigenvalue weighted by Crippen LogP contribution is 2.34. The number of para-hydroxylation sites is 1. The second kappa shape index (κ2) is 9.41. The quantitative estimate of drug-likeness (QED) is 0.357. The van der Waals surface area contributed by atoms with Gasteiger partial charge in [-0.3, -0.25) is 4.79 Å². The van der Waals surface area contributed by atoms with E-state index in [1.165, 1.54) is 26.4 Å². The van der Waals surface area contributed by atoms with Crippen molar-refractivity contribution in [3.8, 4) is 28.4 Å². The number of rotatable bonds is 6. The van der Waals surface area contributed by atoms with Gasteiger partial charge in [0.25, 0.3) is 5.91 Å². The minimum atomic E-state index is -4.97. The van der Waals surface area contributed by atoms with Gasteiger partial charge in [0.05, 0.1) is 14.2 Å². The summed E-state index contributed by atoms with van der Waals surface area (Å²) in [7, 11) is 3.06. The number of fused-ring (bicyclic) bond motifs is 1. The zero-order valence-electron chi connectivity index (χ0n) is 18.4. The molecule has 0 atom stereocenters. The number of carbonyl (C=O) groups excluding carboxylic acids is 1. The lowest BCUT2D eigenvalue weighted by molar-refractivity contribution is -0.274. The number of halogens is 3. The summed E-state index contributed by atoms with van der Waals surface area (Å²) in [6.45, 7) is 0. The Balaban J connectivity index is 1.64. The van der Waals surface area contributed by atoms with Gasteiger partial charge in [0.2, 0.25) is 0 Å². The second-order valence-electron chi connectivity index (χ2n) is 7.27. The van der Waals surface area contributed by atoms with Gasteiger partial charge in [-0.25, -0.2) is 4.79 Å². The largest absolute Gasteiger partial charge is 0.573 e. The first-order valence-electron chi connectivity index (χ1n) is 10.1. The van der Waals surface area contributed by atoms with E-state index in [1.54, 1.807) is 36.4 Å². The summed E-state index contributed by atoms with van der Waals surface area (Å²) in [5, 5.41) is 2.70. The van der Waals surface area contributed by atoms with Crippen molar-refractivity contribution in [1.29, 1.82) is 0 Å². The van der Waals surface area contributed by atoms with Gasteiger partial charge in [-0.1, -0.05) is 24.3 Å². The molecule has 0 bridgehead atoms. The predicted molar refractivity (Wildman–Crippen MR) is 122 cm³/mol. The van der Waals surface area contributed by atoms with E-state index in [0.717, 1.165) is 23.3 Å². The third kappa shape index (κ3) is 5.21. The van der Waals surface area contributed by atoms with Crippen molar-refractivity contribution in [2.24, 2.45) is 0 Å². The molecule has 0 aliphatic carbocycles. The lowest BCUT2D eigenvalue weighted by Gasteiger charge is -2.12. The van der Waals surface area contributed by atoms with Crippen molar-refractivity contribution in [2.45, 2.75) is 6.36 Å². The predicted octanol–water partition coefficient (Wildman–Crippen LogP) is 5.63. The number of hydrogen-bond donors (Lipinski definition) is 1. The molecule has 0 unspecified atom stereocenters. The smallest absolute Gasteiger partial charge is 0.497 e. The fourth-order valence-corrected chi connectivity index (χ4v) is 3.48. The summed E-state index contributed by atoms with van der Waals surface area (Å²) in [4.78, 5) is 25.2. The molecule has 7 nitrogen and oxygen atoms in total. The Kier molecular flexibility index (Phi) is 6.37. The van der Waals surface area contributed by atoms with Gasteiger partial charge in [0.1, 0.15) is 17.1 Å². The maximum atomic E-state index is 12.8. The van der Waals surface area contributed by atoms with Crippen LogP contribution in [0.1, 0.15) is 10.4 Å². The van der Waals surface area contributed by atoms with Gasteiger partial charge in [-0.2, -0.15) is 0 Å². The van der Waals surface area contributed by atoms with E-state index in [1.807, 2.05) is 6.07 Å². The maximum Gasteiger partial charge on any atom is 0.573 e. The lowest BCUT2D eigenvalue weighted by atomic mass is 10.0. The minimum Gasteiger partial charge on any atom is -0.497 e. The van der Waals surface area contributed by atoms with Gasteiger partial charge in [0.15, 0.2) is 11.3 Å². The summed E-state index contributed by atoms with van der Waals surface area (Å²) >= 11 is 0. The first-order valence-corrected chi connectivity index (χ1v) is 10.1. The van der Waals surface area contributed by atoms with E-state index in [2.05, 4.69) is 10.1 Å². The monoisotopic (exact) mass is 485 g/mol. The summed E-state index contributed by atoms with van der Waals surface area (Å²) in [5.74, 6) is -0.302. The maximum absolute atomic E-state index is 12.8. The SMILES string of the molecule is COc1ccc(-c2cccc(NC(=O)c3cc4cccc(OC(F)(F)F)c4oc3=O)c2)c(OC)c1. The van der Waals surface area contributed by atoms with E-state index in [4.69, 9.17) is 13.9 Å². The van der Waals surface area contributed by atoms with Crippen LogP contribution in [0, 0.1) is 0 Å². The Morgan fingerprint density at radius 1 is 0.914 bits per heavy atom. The molecular formula is C25H18F3NO6. The summed E-state index contributed by atoms with van der Waals surface area (Å²) in [6, 6.07) is 17.0. The van der Waals surface area contributed by atoms with E-state index >= 15 is 0 Å². The van der Waals surface area contributed by atoms with Gasteiger partial charge in [-0.05, 0) is 42.0 Å². The molecule has 4 aromatic rings. The van der Waals surface area contributed by atoms with Crippen LogP contribution in [0.2, 0.25) is 0 Å². The van der Waals surface area contributed by atoms with Crippen molar-refractivity contribution >= 4 is 22.6 Å². The number of anilines is 1. The highest BCUT2D eigenvalue weighted by atomic mass is 19.4. The molecule has 1 aromatic heterocycles. The minimum absolute atomic E-state index is 0.0909. The molecular weight excluding hydrogens is 467 g/mol. The Bertz CT molecular complexity index is 1460. The molecule has 0 aliphatic rings. The number of benzene rings is 3. The summed E-state index contributed by atoms with van der Waals surface area (Å²) < 4.78 is 57.5. The van der Waals surface area contributed by atoms with Gasteiger partial charge in [-0.15, -0.1) is 13.2 Å². The van der Waals surface area contributed by atoms with E-state index in [-0.39, 0.29) is 10.9 Å². The molecule has 0 saturated carbocycles. The number of carbonyl (C=O) groups is 1. The number of methoxy groups -OCH3 is 2. The van der Waals surface area contributed by atoms with Gasteiger partial charge < -0.3 is 23.9 Å². The highest BCUT2D eigenvalue weighted by molar-refractivity contribution is 6.06. The first kappa shape index (κ1) is 23.7. The number of nitrogens with one attached hydrogen (secondary N) is 1. The van der Waals surface area contributed by atoms with Crippen LogP contribution in [0.5, 0.6) is 17.2 Å². The van der Waals surface area contributed by atoms with Crippen LogP contribution < -0.4 is 25.2 Å². The van der Waals surface area contributed by atoms with Crippen molar-refractivity contribution < 1.29 is 36.6 Å². The zero-order valence-corrected chi connectivity index (χ0v) is 18.4. The Labute approximate surface area is 196 Å². The molecule has 10 heteroatoms. The molecule has 180 valence electrons. The fraction of sp³-hybridized carbons (Fsp3) is 0.120. The first-order chi connectivity index (χ1) is 16.7. The van der Waals surface area contributed by atoms with Gasteiger partial charge >= 0.3 is 12.0 Å². The van der Waals surface area contributed by atoms with Crippen LogP contribution in [0.4, 0.5) is 18.9 Å². The molecule has 0 saturated heterocycles. The molecule has 0 radical (unpaired) electrons. The van der Waals surface area contributed by atoms with Crippen LogP contribution in [-0.4, -0.2) is 26.5 Å². The Hall–Kier alpha value is -4.47. The van der Waals surface area contributed by atoms with Crippen molar-refractivity contribution in [3.63, 3.8) is 0 Å². The zero-order chi connectivity index (χ0) is 25.2. The van der Waals surface area contributed by atoms with Crippen LogP contribution in [0.3, 0.4) is 0 Å². The van der Waals surface area contributed by atoms with Crippen LogP contribution in [0.25, 0.3) is 22.1 Å². The highest BCUT2D eigenvalue weighted by Gasteiger charge is 2.32. The van der Waals surface area contributed by atoms with Crippen molar-refractivity contribution in [1.82, 2.24) is 0 Å². The molecule has 1 heterocycles. The number of amides is 1. The number of alkyl halides is 3. The second-order valence-corrected chi connectivity index (χ2v) is 7.27. The van der Waals surface area contributed by atoms with Gasteiger partial charge in [0, 0.05) is 22.7 Å². The average Bonchev–Trinajstić information content (AvgIpc) is 2.83. The van der Waals surface area contributed by atoms with E-state index < -0.39 is 29.2 Å². The molecule has 0 fully saturated rings. The normalized spacial score (nSPS) is 11.2. The summed E-state index contributed by atoms with van der Waals surface area (Å²) in [6.07, 6.45) is -4.97. The summed E-state index contributed by atoms with van der Waals surface area (Å²) in [5.41, 5.74) is -0.0668. The van der Waals surface area contributed by atoms with Crippen LogP contribution in [-0.2, 0) is 0 Å². The lowest BCUT2D eigenvalue weighted by Crippen LogP contribution is -2.21. The molecule has 1 amide bonds. The number of ether oxygens (including phenoxy) is 3. The van der Waals surface area contributed by atoms with E-state index in [0.29, 0.717) is 17.2 Å². The third-order valence-electron chi connectivity index (χ3n) is 5.03. The van der Waals surface area contributed by atoms with Crippen molar-refractivity contribution in [3.05, 3.63) is 82.7 Å². The van der Waals surface area contributed by atoms with Crippen molar-refractivity contribution in [2.75, 3.05) is 19.5 Å². The average molecular weight is 485 g/mol. The molecule has 35 heavy (non-hydrogen) atoms. The van der Waals surface area contributed by atoms with Crippen LogP contribution in [0.15, 0.2) is 75.9 Å². The molecule has 3 aromatic carbocycles. The standard InChI is InChI=1S/C25H18F3NO6/c1-32-17-9-10-18(21(13-17)33-2)14-5-3-7-16(11-14)29-23(30)19-12-15-6-4-8-20(35-25(26,27)28)22(15)34-24(19)31/h3-13H,1-2H3,(H,29,30). The molecule has 4 rings (SSSR count). The molecule has 1 N–H and O–H groups in total. The molecule has 0 aliphatic heterocycles. The Morgan fingerprint density at radius 3 is 2.40 bits per heavy atom. The fourth-order valence-electron chi connectivity index (χ4n) is 3.48. The number of hydrogen-bond acceptors (Lipinski definition) is 6. The third-order valence-corrected chi connectivity index (χ3v) is 5.03. The topological polar surface area (TPSA) is 87.0 Å².